The molecule has 0 saturated heterocycles. The average molecular weight is 359 g/mol. The Morgan fingerprint density at radius 2 is 1.59 bits per heavy atom. The fraction of sp³-hybridized carbons (Fsp3) is 0.250. The lowest BCUT2D eigenvalue weighted by Gasteiger charge is -2.30. The van der Waals surface area contributed by atoms with Crippen LogP contribution < -0.4 is 0 Å². The number of hydrogen-bond donors (Lipinski definition) is 0. The number of alkyl halides is 3. The molecule has 1 aromatic rings. The minimum atomic E-state index is -2.07. The van der Waals surface area contributed by atoms with Gasteiger partial charge in [-0.1, -0.05) is 65.1 Å². The number of hydrogen-bond acceptors (Lipinski definition) is 3. The van der Waals surface area contributed by atoms with E-state index in [2.05, 4.69) is 0 Å². The molecule has 0 aliphatic carbocycles. The van der Waals surface area contributed by atoms with Crippen molar-refractivity contribution in [1.82, 2.24) is 4.90 Å². The van der Waals surface area contributed by atoms with E-state index >= 15 is 0 Å². The second-order valence-electron chi connectivity index (χ2n) is 5.06. The van der Waals surface area contributed by atoms with Gasteiger partial charge in [-0.25, -0.2) is 0 Å². The summed E-state index contributed by atoms with van der Waals surface area (Å²) in [5.74, 6) is -1.31. The molecule has 1 unspecified atom stereocenters. The minimum Gasteiger partial charge on any atom is -0.356 e. The van der Waals surface area contributed by atoms with Crippen LogP contribution in [0.15, 0.2) is 53.9 Å². The SMILES string of the molecule is CC(=O)C1=CN(C)C=C(C(=O)C(Cl)(Cl)Cl)C1c1ccccc1. The lowest BCUT2D eigenvalue weighted by Crippen LogP contribution is -2.30. The standard InChI is InChI=1S/C16H14Cl3NO2/c1-10(21)12-8-20(2)9-13(15(22)16(17,18)19)14(12)11-6-4-3-5-7-11/h3-9,14H,1-2H3. The molecule has 0 fully saturated rings. The molecule has 1 heterocycles. The van der Waals surface area contributed by atoms with Gasteiger partial charge in [0.05, 0.1) is 0 Å². The molecule has 0 N–H and O–H groups in total. The van der Waals surface area contributed by atoms with Crippen LogP contribution in [0.1, 0.15) is 18.4 Å². The van der Waals surface area contributed by atoms with Crippen LogP contribution in [-0.4, -0.2) is 27.3 Å². The summed E-state index contributed by atoms with van der Waals surface area (Å²) in [6.07, 6.45) is 3.28. The molecular weight excluding hydrogens is 345 g/mol. The number of benzene rings is 1. The monoisotopic (exact) mass is 357 g/mol. The van der Waals surface area contributed by atoms with E-state index in [0.29, 0.717) is 5.57 Å². The third kappa shape index (κ3) is 3.54. The number of carbonyl (C=O) groups excluding carboxylic acids is 2. The third-order valence-corrected chi connectivity index (χ3v) is 3.88. The summed E-state index contributed by atoms with van der Waals surface area (Å²) in [6.45, 7) is 1.46. The number of rotatable bonds is 3. The molecule has 1 aliphatic rings. The zero-order valence-corrected chi connectivity index (χ0v) is 14.3. The Morgan fingerprint density at radius 1 is 1.05 bits per heavy atom. The Morgan fingerprint density at radius 3 is 2.09 bits per heavy atom. The first-order chi connectivity index (χ1) is 10.2. The fourth-order valence-corrected chi connectivity index (χ4v) is 2.77. The van der Waals surface area contributed by atoms with Crippen LogP contribution in [0.25, 0.3) is 0 Å². The molecule has 0 bridgehead atoms. The van der Waals surface area contributed by atoms with Gasteiger partial charge in [-0.15, -0.1) is 0 Å². The molecule has 0 saturated carbocycles. The van der Waals surface area contributed by atoms with Crippen LogP contribution in [0.4, 0.5) is 0 Å². The average Bonchev–Trinajstić information content (AvgIpc) is 2.45. The summed E-state index contributed by atoms with van der Waals surface area (Å²) in [6, 6.07) is 9.21. The van der Waals surface area contributed by atoms with Crippen molar-refractivity contribution in [2.75, 3.05) is 7.05 Å². The minimum absolute atomic E-state index is 0.136. The summed E-state index contributed by atoms with van der Waals surface area (Å²) in [4.78, 5) is 26.1. The molecule has 1 aliphatic heterocycles. The van der Waals surface area contributed by atoms with Crippen LogP contribution >= 0.6 is 34.8 Å². The van der Waals surface area contributed by atoms with E-state index in [-0.39, 0.29) is 11.4 Å². The Hall–Kier alpha value is -1.29. The van der Waals surface area contributed by atoms with Crippen molar-refractivity contribution >= 4 is 46.4 Å². The Bertz CT molecular complexity index is 660. The van der Waals surface area contributed by atoms with Gasteiger partial charge in [0.15, 0.2) is 5.78 Å². The molecule has 22 heavy (non-hydrogen) atoms. The maximum Gasteiger partial charge on any atom is 0.253 e. The number of ketones is 2. The molecule has 6 heteroatoms. The van der Waals surface area contributed by atoms with E-state index in [1.807, 2.05) is 30.3 Å². The number of halogens is 3. The molecular formula is C16H14Cl3NO2. The van der Waals surface area contributed by atoms with Crippen molar-refractivity contribution in [1.29, 1.82) is 0 Å². The predicted molar refractivity (Wildman–Crippen MR) is 89.1 cm³/mol. The quantitative estimate of drug-likeness (QED) is 0.766. The highest BCUT2D eigenvalue weighted by molar-refractivity contribution is 6.77. The van der Waals surface area contributed by atoms with E-state index in [1.165, 1.54) is 6.92 Å². The molecule has 2 rings (SSSR count). The van der Waals surface area contributed by atoms with E-state index in [4.69, 9.17) is 34.8 Å². The van der Waals surface area contributed by atoms with Crippen molar-refractivity contribution in [3.63, 3.8) is 0 Å². The Kier molecular flexibility index (Phi) is 5.00. The summed E-state index contributed by atoms with van der Waals surface area (Å²) in [5.41, 5.74) is 1.56. The molecule has 116 valence electrons. The predicted octanol–water partition coefficient (Wildman–Crippen LogP) is 4.01. The van der Waals surface area contributed by atoms with Gasteiger partial charge in [-0.2, -0.15) is 0 Å². The normalized spacial score (nSPS) is 18.6. The maximum absolute atomic E-state index is 12.5. The molecule has 0 spiro atoms. The van der Waals surface area contributed by atoms with Crippen molar-refractivity contribution in [3.8, 4) is 0 Å². The zero-order valence-electron chi connectivity index (χ0n) is 12.0. The van der Waals surface area contributed by atoms with E-state index in [1.54, 1.807) is 24.3 Å². The van der Waals surface area contributed by atoms with Gasteiger partial charge in [0.1, 0.15) is 0 Å². The van der Waals surface area contributed by atoms with Crippen molar-refractivity contribution < 1.29 is 9.59 Å². The van der Waals surface area contributed by atoms with Gasteiger partial charge >= 0.3 is 0 Å². The van der Waals surface area contributed by atoms with Gasteiger partial charge in [0, 0.05) is 36.5 Å². The van der Waals surface area contributed by atoms with Gasteiger partial charge in [0.25, 0.3) is 3.79 Å². The second-order valence-corrected chi connectivity index (χ2v) is 7.34. The smallest absolute Gasteiger partial charge is 0.253 e. The topological polar surface area (TPSA) is 37.4 Å². The van der Waals surface area contributed by atoms with Crippen LogP contribution in [0, 0.1) is 0 Å². The van der Waals surface area contributed by atoms with Gasteiger partial charge in [0.2, 0.25) is 5.78 Å². The number of carbonyl (C=O) groups is 2. The summed E-state index contributed by atoms with van der Waals surface area (Å²) in [5, 5.41) is 0. The molecule has 1 atom stereocenters. The maximum atomic E-state index is 12.5. The van der Waals surface area contributed by atoms with Gasteiger partial charge in [-0.3, -0.25) is 9.59 Å². The van der Waals surface area contributed by atoms with Crippen molar-refractivity contribution in [2.24, 2.45) is 0 Å². The second kappa shape index (κ2) is 6.45. The lowest BCUT2D eigenvalue weighted by molar-refractivity contribution is -0.115. The van der Waals surface area contributed by atoms with Crippen LogP contribution in [0.5, 0.6) is 0 Å². The number of Topliss-reactive ketones (excluding diaryl/α,β-unsaturated/α-hetero) is 2. The van der Waals surface area contributed by atoms with Gasteiger partial charge < -0.3 is 4.90 Å². The van der Waals surface area contributed by atoms with E-state index in [9.17, 15) is 9.59 Å². The van der Waals surface area contributed by atoms with E-state index in [0.717, 1.165) is 5.56 Å². The van der Waals surface area contributed by atoms with Crippen LogP contribution in [0.3, 0.4) is 0 Å². The van der Waals surface area contributed by atoms with Crippen molar-refractivity contribution in [2.45, 2.75) is 16.6 Å². The van der Waals surface area contributed by atoms with Crippen LogP contribution in [-0.2, 0) is 9.59 Å². The molecule has 1 aromatic carbocycles. The first-order valence-corrected chi connectivity index (χ1v) is 7.68. The first kappa shape index (κ1) is 17.1. The highest BCUT2D eigenvalue weighted by atomic mass is 35.6. The number of nitrogens with zero attached hydrogens (tertiary/aromatic N) is 1. The first-order valence-electron chi connectivity index (χ1n) is 6.54. The summed E-state index contributed by atoms with van der Waals surface area (Å²) >= 11 is 17.3. The summed E-state index contributed by atoms with van der Waals surface area (Å²) < 4.78 is -2.07. The highest BCUT2D eigenvalue weighted by Crippen LogP contribution is 2.41. The summed E-state index contributed by atoms with van der Waals surface area (Å²) in [7, 11) is 1.72. The zero-order chi connectivity index (χ0) is 16.5. The molecule has 3 nitrogen and oxygen atoms in total. The Labute approximate surface area is 144 Å². The van der Waals surface area contributed by atoms with Gasteiger partial charge in [-0.05, 0) is 12.5 Å². The lowest BCUT2D eigenvalue weighted by atomic mass is 9.80. The van der Waals surface area contributed by atoms with Crippen LogP contribution in [0.2, 0.25) is 0 Å². The Balaban J connectivity index is 2.59. The number of allylic oxidation sites excluding steroid dienone is 2. The third-order valence-electron chi connectivity index (χ3n) is 3.37. The van der Waals surface area contributed by atoms with Crippen molar-refractivity contribution in [3.05, 3.63) is 59.4 Å². The molecule has 0 radical (unpaired) electrons. The van der Waals surface area contributed by atoms with E-state index < -0.39 is 15.5 Å². The molecule has 0 amide bonds. The fourth-order valence-electron chi connectivity index (χ4n) is 2.44. The molecule has 0 aromatic heterocycles. The highest BCUT2D eigenvalue weighted by Gasteiger charge is 2.40. The largest absolute Gasteiger partial charge is 0.356 e.